The van der Waals surface area contributed by atoms with Gasteiger partial charge in [0, 0.05) is 0 Å². The molecule has 1 saturated carbocycles. The van der Waals surface area contributed by atoms with Crippen molar-refractivity contribution in [1.82, 2.24) is 4.31 Å². The van der Waals surface area contributed by atoms with Gasteiger partial charge in [-0.3, -0.25) is 9.59 Å². The first-order chi connectivity index (χ1) is 8.47. The molecule has 2 bridgehead atoms. The van der Waals surface area contributed by atoms with Gasteiger partial charge in [-0.1, -0.05) is 12.2 Å². The Morgan fingerprint density at radius 3 is 1.89 bits per heavy atom. The van der Waals surface area contributed by atoms with Gasteiger partial charge in [0.1, 0.15) is 0 Å². The molecule has 4 atom stereocenters. The summed E-state index contributed by atoms with van der Waals surface area (Å²) in [7, 11) is -3.77. The van der Waals surface area contributed by atoms with Crippen LogP contribution in [0.15, 0.2) is 12.2 Å². The minimum atomic E-state index is -3.77. The summed E-state index contributed by atoms with van der Waals surface area (Å²) >= 11 is 0. The molecule has 5 nitrogen and oxygen atoms in total. The third-order valence-electron chi connectivity index (χ3n) is 4.36. The van der Waals surface area contributed by atoms with Gasteiger partial charge in [0.2, 0.25) is 21.8 Å². The van der Waals surface area contributed by atoms with Gasteiger partial charge in [0.25, 0.3) is 0 Å². The zero-order chi connectivity index (χ0) is 13.1. The largest absolute Gasteiger partial charge is 0.273 e. The van der Waals surface area contributed by atoms with Gasteiger partial charge >= 0.3 is 0 Å². The average molecular weight is 269 g/mol. The second-order valence-corrected chi connectivity index (χ2v) is 7.29. The normalized spacial score (nSPS) is 38.4. The van der Waals surface area contributed by atoms with Crippen LogP contribution in [-0.4, -0.2) is 30.3 Å². The molecule has 0 radical (unpaired) electrons. The van der Waals surface area contributed by atoms with Crippen molar-refractivity contribution in [2.75, 3.05) is 5.75 Å². The first kappa shape index (κ1) is 11.9. The van der Waals surface area contributed by atoms with E-state index < -0.39 is 33.7 Å². The Morgan fingerprint density at radius 2 is 1.56 bits per heavy atom. The molecule has 18 heavy (non-hydrogen) atoms. The second-order valence-electron chi connectivity index (χ2n) is 5.18. The number of hydrogen-bond acceptors (Lipinski definition) is 4. The number of rotatable bonds is 2. The SMILES string of the molecule is CCS(=O)(=O)N1C(=O)C2C3C=CC(CC3)C2C1=O. The van der Waals surface area contributed by atoms with Gasteiger partial charge in [0.05, 0.1) is 17.6 Å². The highest BCUT2D eigenvalue weighted by Gasteiger charge is 2.59. The molecular formula is C12H15NO4S. The zero-order valence-electron chi connectivity index (χ0n) is 10.1. The van der Waals surface area contributed by atoms with Crippen molar-refractivity contribution in [2.24, 2.45) is 23.7 Å². The maximum Gasteiger partial charge on any atom is 0.247 e. The Kier molecular flexibility index (Phi) is 2.42. The molecular weight excluding hydrogens is 254 g/mol. The van der Waals surface area contributed by atoms with Crippen LogP contribution in [0.1, 0.15) is 19.8 Å². The Hall–Kier alpha value is -1.17. The van der Waals surface area contributed by atoms with Crippen LogP contribution in [0.2, 0.25) is 0 Å². The molecule has 4 aliphatic rings. The molecule has 1 saturated heterocycles. The highest BCUT2D eigenvalue weighted by atomic mass is 32.2. The van der Waals surface area contributed by atoms with Crippen LogP contribution in [0.25, 0.3) is 0 Å². The van der Waals surface area contributed by atoms with Crippen molar-refractivity contribution in [3.05, 3.63) is 12.2 Å². The number of carbonyl (C=O) groups is 2. The van der Waals surface area contributed by atoms with Crippen LogP contribution in [0.5, 0.6) is 0 Å². The summed E-state index contributed by atoms with van der Waals surface area (Å²) in [6.45, 7) is 1.45. The number of allylic oxidation sites excluding steroid dienone is 2. The van der Waals surface area contributed by atoms with E-state index in [4.69, 9.17) is 0 Å². The van der Waals surface area contributed by atoms with Crippen molar-refractivity contribution in [2.45, 2.75) is 19.8 Å². The van der Waals surface area contributed by atoms with Gasteiger partial charge in [-0.05, 0) is 31.6 Å². The van der Waals surface area contributed by atoms with E-state index in [0.717, 1.165) is 12.8 Å². The number of carbonyl (C=O) groups excluding carboxylic acids is 2. The standard InChI is InChI=1S/C12H15NO4S/c1-2-18(16,17)13-11(14)9-7-3-4-8(6-5-7)10(9)12(13)15/h3-4,7-10H,2,5-6H2,1H3. The minimum absolute atomic E-state index is 0.0357. The number of nitrogens with zero attached hydrogens (tertiary/aromatic N) is 1. The van der Waals surface area contributed by atoms with E-state index in [9.17, 15) is 18.0 Å². The topological polar surface area (TPSA) is 71.5 Å². The fourth-order valence-corrected chi connectivity index (χ4v) is 4.50. The van der Waals surface area contributed by atoms with Gasteiger partial charge in [-0.15, -0.1) is 0 Å². The molecule has 0 aromatic rings. The van der Waals surface area contributed by atoms with Crippen LogP contribution in [0, 0.1) is 23.7 Å². The lowest BCUT2D eigenvalue weighted by Crippen LogP contribution is -2.38. The number of imide groups is 1. The quantitative estimate of drug-likeness (QED) is 0.541. The molecule has 0 N–H and O–H groups in total. The number of fused-ring (bicyclic) bond motifs is 1. The van der Waals surface area contributed by atoms with Crippen LogP contribution in [-0.2, 0) is 19.6 Å². The lowest BCUT2D eigenvalue weighted by atomic mass is 9.63. The van der Waals surface area contributed by atoms with Crippen molar-refractivity contribution in [3.8, 4) is 0 Å². The lowest BCUT2D eigenvalue weighted by Gasteiger charge is -2.38. The molecule has 1 aliphatic heterocycles. The maximum atomic E-state index is 12.2. The van der Waals surface area contributed by atoms with Crippen LogP contribution < -0.4 is 0 Å². The number of hydrogen-bond donors (Lipinski definition) is 0. The Balaban J connectivity index is 2.05. The summed E-state index contributed by atoms with van der Waals surface area (Å²) in [5.41, 5.74) is 0. The second kappa shape index (κ2) is 3.66. The Bertz CT molecular complexity index is 518. The predicted molar refractivity (Wildman–Crippen MR) is 63.6 cm³/mol. The summed E-state index contributed by atoms with van der Waals surface area (Å²) < 4.78 is 24.3. The maximum absolute atomic E-state index is 12.2. The van der Waals surface area contributed by atoms with E-state index in [1.807, 2.05) is 12.2 Å². The molecule has 4 unspecified atom stereocenters. The molecule has 98 valence electrons. The summed E-state index contributed by atoms with van der Waals surface area (Å²) in [5.74, 6) is -2.05. The molecule has 0 aromatic carbocycles. The van der Waals surface area contributed by atoms with E-state index in [2.05, 4.69) is 0 Å². The van der Waals surface area contributed by atoms with Crippen molar-refractivity contribution in [3.63, 3.8) is 0 Å². The third-order valence-corrected chi connectivity index (χ3v) is 6.01. The van der Waals surface area contributed by atoms with Gasteiger partial charge in [0.15, 0.2) is 0 Å². The first-order valence-corrected chi connectivity index (χ1v) is 7.87. The predicted octanol–water partition coefficient (Wildman–Crippen LogP) is 0.533. The number of amides is 2. The van der Waals surface area contributed by atoms with E-state index in [1.165, 1.54) is 6.92 Å². The molecule has 0 aromatic heterocycles. The van der Waals surface area contributed by atoms with Gasteiger partial charge < -0.3 is 0 Å². The van der Waals surface area contributed by atoms with E-state index in [-0.39, 0.29) is 17.6 Å². The first-order valence-electron chi connectivity index (χ1n) is 6.26. The third kappa shape index (κ3) is 1.35. The highest BCUT2D eigenvalue weighted by molar-refractivity contribution is 7.90. The molecule has 1 heterocycles. The summed E-state index contributed by atoms with van der Waals surface area (Å²) in [6, 6.07) is 0. The van der Waals surface area contributed by atoms with E-state index in [0.29, 0.717) is 4.31 Å². The lowest BCUT2D eigenvalue weighted by molar-refractivity contribution is -0.134. The molecule has 3 aliphatic carbocycles. The van der Waals surface area contributed by atoms with Gasteiger partial charge in [-0.25, -0.2) is 8.42 Å². The zero-order valence-corrected chi connectivity index (χ0v) is 10.9. The average Bonchev–Trinajstić information content (AvgIpc) is 2.66. The molecule has 0 spiro atoms. The summed E-state index contributed by atoms with van der Waals surface area (Å²) in [4.78, 5) is 24.5. The van der Waals surface area contributed by atoms with Crippen LogP contribution >= 0.6 is 0 Å². The molecule has 4 rings (SSSR count). The van der Waals surface area contributed by atoms with E-state index >= 15 is 0 Å². The Morgan fingerprint density at radius 1 is 1.11 bits per heavy atom. The summed E-state index contributed by atoms with van der Waals surface area (Å²) in [5, 5.41) is 0. The monoisotopic (exact) mass is 269 g/mol. The van der Waals surface area contributed by atoms with E-state index in [1.54, 1.807) is 0 Å². The fraction of sp³-hybridized carbons (Fsp3) is 0.667. The van der Waals surface area contributed by atoms with Crippen LogP contribution in [0.4, 0.5) is 0 Å². The fourth-order valence-electron chi connectivity index (χ4n) is 3.45. The van der Waals surface area contributed by atoms with Crippen molar-refractivity contribution < 1.29 is 18.0 Å². The Labute approximate surface area is 106 Å². The van der Waals surface area contributed by atoms with Gasteiger partial charge in [-0.2, -0.15) is 4.31 Å². The minimum Gasteiger partial charge on any atom is -0.273 e. The van der Waals surface area contributed by atoms with Crippen molar-refractivity contribution in [1.29, 1.82) is 0 Å². The molecule has 2 fully saturated rings. The molecule has 6 heteroatoms. The highest BCUT2D eigenvalue weighted by Crippen LogP contribution is 2.50. The van der Waals surface area contributed by atoms with Crippen molar-refractivity contribution >= 4 is 21.8 Å². The smallest absolute Gasteiger partial charge is 0.247 e. The number of sulfonamides is 1. The summed E-state index contributed by atoms with van der Waals surface area (Å²) in [6.07, 6.45) is 5.70. The molecule has 2 amide bonds. The van der Waals surface area contributed by atoms with Crippen LogP contribution in [0.3, 0.4) is 0 Å².